The molecular formula is C50H29N5. The van der Waals surface area contributed by atoms with Gasteiger partial charge in [-0.1, -0.05) is 103 Å². The molecule has 11 rings (SSSR count). The fourth-order valence-electron chi connectivity index (χ4n) is 8.69. The van der Waals surface area contributed by atoms with Gasteiger partial charge in [-0.15, -0.1) is 0 Å². The fraction of sp³-hybridized carbons (Fsp3) is 0. The van der Waals surface area contributed by atoms with Crippen LogP contribution in [0, 0.1) is 13.1 Å². The molecule has 0 amide bonds. The van der Waals surface area contributed by atoms with E-state index in [1.54, 1.807) is 0 Å². The van der Waals surface area contributed by atoms with Crippen LogP contribution in [0.5, 0.6) is 0 Å². The molecule has 0 bridgehead atoms. The van der Waals surface area contributed by atoms with Gasteiger partial charge in [-0.2, -0.15) is 0 Å². The third kappa shape index (κ3) is 4.51. The Morgan fingerprint density at radius 1 is 0.327 bits per heavy atom. The lowest BCUT2D eigenvalue weighted by Gasteiger charge is -2.14. The summed E-state index contributed by atoms with van der Waals surface area (Å²) in [4.78, 5) is 7.73. The van der Waals surface area contributed by atoms with Gasteiger partial charge in [0.05, 0.1) is 40.7 Å². The molecule has 254 valence electrons. The highest BCUT2D eigenvalue weighted by Gasteiger charge is 2.18. The van der Waals surface area contributed by atoms with E-state index in [-0.39, 0.29) is 0 Å². The summed E-state index contributed by atoms with van der Waals surface area (Å²) in [7, 11) is 0. The fourth-order valence-corrected chi connectivity index (χ4v) is 8.69. The molecule has 5 nitrogen and oxygen atoms in total. The van der Waals surface area contributed by atoms with Gasteiger partial charge < -0.3 is 13.7 Å². The van der Waals surface area contributed by atoms with Crippen molar-refractivity contribution in [3.8, 4) is 28.2 Å². The van der Waals surface area contributed by atoms with E-state index in [9.17, 15) is 0 Å². The van der Waals surface area contributed by atoms with E-state index >= 15 is 0 Å². The number of rotatable bonds is 4. The quantitative estimate of drug-likeness (QED) is 0.163. The Kier molecular flexibility index (Phi) is 6.61. The second-order valence-corrected chi connectivity index (χ2v) is 14.0. The second-order valence-electron chi connectivity index (χ2n) is 14.0. The van der Waals surface area contributed by atoms with E-state index in [0.29, 0.717) is 11.4 Å². The van der Waals surface area contributed by atoms with Crippen LogP contribution in [-0.2, 0) is 0 Å². The average molecular weight is 700 g/mol. The van der Waals surface area contributed by atoms with Gasteiger partial charge in [-0.25, -0.2) is 9.69 Å². The maximum Gasteiger partial charge on any atom is 0.195 e. The Morgan fingerprint density at radius 2 is 0.818 bits per heavy atom. The SMILES string of the molecule is [C-]#[N+]c1ccc2c3ccccc3n(-c3cccc(-c4cc(-n5c6ccccc6c6cc(-n7c8ccccc8c8ccccc87)ccc65)ccc4[N+]#[C-])c3)c2c1. The summed E-state index contributed by atoms with van der Waals surface area (Å²) < 4.78 is 6.91. The van der Waals surface area contributed by atoms with Crippen molar-refractivity contribution in [2.24, 2.45) is 0 Å². The Morgan fingerprint density at radius 3 is 1.42 bits per heavy atom. The third-order valence-corrected chi connectivity index (χ3v) is 11.1. The van der Waals surface area contributed by atoms with Crippen LogP contribution < -0.4 is 0 Å². The Labute approximate surface area is 316 Å². The van der Waals surface area contributed by atoms with Crippen LogP contribution in [0.2, 0.25) is 0 Å². The van der Waals surface area contributed by atoms with Crippen molar-refractivity contribution in [3.63, 3.8) is 0 Å². The van der Waals surface area contributed by atoms with Crippen LogP contribution in [0.1, 0.15) is 0 Å². The standard InChI is InChI=1S/C50H29N5/c1-51-33-22-25-41-39-16-5-9-20-47(39)55(50(41)29-33)34-13-11-12-32(28-34)42-30-35(23-26-44(42)52-2)54-48-21-10-6-17-40(48)43-31-36(24-27-49(43)54)53-45-18-7-3-14-37(45)38-15-4-8-19-46(38)53/h3-31H. The Hall–Kier alpha value is -7.86. The summed E-state index contributed by atoms with van der Waals surface area (Å²) in [6.07, 6.45) is 0. The molecule has 0 spiro atoms. The Balaban J connectivity index is 1.10. The summed E-state index contributed by atoms with van der Waals surface area (Å²) in [5, 5.41) is 7.05. The molecule has 55 heavy (non-hydrogen) atoms. The van der Waals surface area contributed by atoms with Gasteiger partial charge in [0.2, 0.25) is 0 Å². The van der Waals surface area contributed by atoms with Gasteiger partial charge in [0.15, 0.2) is 11.4 Å². The summed E-state index contributed by atoms with van der Waals surface area (Å²) in [5.41, 5.74) is 12.7. The van der Waals surface area contributed by atoms with Crippen LogP contribution >= 0.6 is 0 Å². The predicted molar refractivity (Wildman–Crippen MR) is 227 cm³/mol. The molecule has 3 heterocycles. The molecule has 0 aliphatic rings. The van der Waals surface area contributed by atoms with Crippen LogP contribution in [0.25, 0.3) is 103 Å². The maximum atomic E-state index is 8.18. The monoisotopic (exact) mass is 699 g/mol. The van der Waals surface area contributed by atoms with Crippen molar-refractivity contribution in [1.29, 1.82) is 0 Å². The lowest BCUT2D eigenvalue weighted by atomic mass is 10.0. The highest BCUT2D eigenvalue weighted by atomic mass is 15.0. The van der Waals surface area contributed by atoms with Gasteiger partial charge in [-0.05, 0) is 83.9 Å². The summed E-state index contributed by atoms with van der Waals surface area (Å²) in [6, 6.07) is 61.4. The molecule has 0 atom stereocenters. The number of aromatic nitrogens is 3. The highest BCUT2D eigenvalue weighted by Crippen LogP contribution is 2.41. The van der Waals surface area contributed by atoms with Crippen LogP contribution in [-0.4, -0.2) is 13.7 Å². The zero-order valence-corrected chi connectivity index (χ0v) is 29.5. The van der Waals surface area contributed by atoms with Crippen molar-refractivity contribution >= 4 is 76.8 Å². The number of benzene rings is 8. The van der Waals surface area contributed by atoms with E-state index in [2.05, 4.69) is 175 Å². The molecular weight excluding hydrogens is 671 g/mol. The number of fused-ring (bicyclic) bond motifs is 9. The molecule has 5 heteroatoms. The zero-order chi connectivity index (χ0) is 36.6. The molecule has 11 aromatic rings. The van der Waals surface area contributed by atoms with Crippen LogP contribution in [0.15, 0.2) is 176 Å². The molecule has 0 unspecified atom stereocenters. The number of para-hydroxylation sites is 4. The molecule has 0 radical (unpaired) electrons. The minimum absolute atomic E-state index is 0.591. The van der Waals surface area contributed by atoms with Gasteiger partial charge in [-0.3, -0.25) is 0 Å². The van der Waals surface area contributed by atoms with E-state index < -0.39 is 0 Å². The highest BCUT2D eigenvalue weighted by molar-refractivity contribution is 6.13. The van der Waals surface area contributed by atoms with Gasteiger partial charge in [0.25, 0.3) is 0 Å². The van der Waals surface area contributed by atoms with Gasteiger partial charge in [0.1, 0.15) is 0 Å². The molecule has 0 saturated heterocycles. The maximum absolute atomic E-state index is 8.18. The first kappa shape index (κ1) is 30.7. The predicted octanol–water partition coefficient (Wildman–Crippen LogP) is 13.7. The summed E-state index contributed by atoms with van der Waals surface area (Å²) in [5.74, 6) is 0. The van der Waals surface area contributed by atoms with Crippen LogP contribution in [0.3, 0.4) is 0 Å². The molecule has 0 fully saturated rings. The summed E-state index contributed by atoms with van der Waals surface area (Å²) >= 11 is 0. The van der Waals surface area contributed by atoms with Crippen molar-refractivity contribution in [1.82, 2.24) is 13.7 Å². The van der Waals surface area contributed by atoms with Gasteiger partial charge >= 0.3 is 0 Å². The van der Waals surface area contributed by atoms with Crippen molar-refractivity contribution in [2.45, 2.75) is 0 Å². The Bertz CT molecular complexity index is 3420. The molecule has 3 aromatic heterocycles. The van der Waals surface area contributed by atoms with E-state index in [0.717, 1.165) is 66.4 Å². The van der Waals surface area contributed by atoms with E-state index in [4.69, 9.17) is 13.1 Å². The number of nitrogens with zero attached hydrogens (tertiary/aromatic N) is 5. The lowest BCUT2D eigenvalue weighted by molar-refractivity contribution is 1.16. The topological polar surface area (TPSA) is 23.5 Å². The van der Waals surface area contributed by atoms with E-state index in [1.807, 2.05) is 24.3 Å². The molecule has 0 aliphatic heterocycles. The molecule has 0 N–H and O–H groups in total. The van der Waals surface area contributed by atoms with Crippen molar-refractivity contribution in [3.05, 3.63) is 199 Å². The number of hydrogen-bond acceptors (Lipinski definition) is 0. The minimum atomic E-state index is 0.591. The smallest absolute Gasteiger partial charge is 0.195 e. The minimum Gasteiger partial charge on any atom is -0.310 e. The normalized spacial score (nSPS) is 11.6. The first-order valence-corrected chi connectivity index (χ1v) is 18.3. The molecule has 0 saturated carbocycles. The molecule has 8 aromatic carbocycles. The van der Waals surface area contributed by atoms with Crippen molar-refractivity contribution < 1.29 is 0 Å². The zero-order valence-electron chi connectivity index (χ0n) is 29.5. The van der Waals surface area contributed by atoms with Gasteiger partial charge in [0, 0.05) is 54.9 Å². The second kappa shape index (κ2) is 11.8. The molecule has 0 aliphatic carbocycles. The van der Waals surface area contributed by atoms with Crippen LogP contribution in [0.4, 0.5) is 11.4 Å². The van der Waals surface area contributed by atoms with E-state index in [1.165, 1.54) is 27.2 Å². The van der Waals surface area contributed by atoms with Crippen molar-refractivity contribution in [2.75, 3.05) is 0 Å². The number of hydrogen-bond donors (Lipinski definition) is 0. The average Bonchev–Trinajstić information content (AvgIpc) is 3.88. The first-order chi connectivity index (χ1) is 27.2. The lowest BCUT2D eigenvalue weighted by Crippen LogP contribution is -1.97. The first-order valence-electron chi connectivity index (χ1n) is 18.3. The third-order valence-electron chi connectivity index (χ3n) is 11.1. The largest absolute Gasteiger partial charge is 0.310 e. The summed E-state index contributed by atoms with van der Waals surface area (Å²) in [6.45, 7) is 15.9.